The van der Waals surface area contributed by atoms with Crippen molar-refractivity contribution in [2.75, 3.05) is 13.2 Å². The Morgan fingerprint density at radius 2 is 1.71 bits per heavy atom. The number of hydrogen-bond acceptors (Lipinski definition) is 4. The van der Waals surface area contributed by atoms with Crippen LogP contribution in [-0.2, 0) is 16.0 Å². The van der Waals surface area contributed by atoms with E-state index in [0.29, 0.717) is 29.4 Å². The highest BCUT2D eigenvalue weighted by Gasteiger charge is 2.46. The van der Waals surface area contributed by atoms with Gasteiger partial charge >= 0.3 is 0 Å². The number of amides is 1. The van der Waals surface area contributed by atoms with Gasteiger partial charge in [0.2, 0.25) is 0 Å². The van der Waals surface area contributed by atoms with E-state index >= 15 is 0 Å². The number of halogens is 3. The van der Waals surface area contributed by atoms with Crippen molar-refractivity contribution in [3.8, 4) is 5.75 Å². The van der Waals surface area contributed by atoms with Gasteiger partial charge in [-0.2, -0.15) is 0 Å². The molecule has 1 aliphatic heterocycles. The molecule has 3 aromatic rings. The second kappa shape index (κ2) is 10.5. The van der Waals surface area contributed by atoms with Gasteiger partial charge in [0.15, 0.2) is 0 Å². The Morgan fingerprint density at radius 1 is 1.03 bits per heavy atom. The van der Waals surface area contributed by atoms with Crippen molar-refractivity contribution in [1.82, 2.24) is 4.90 Å². The van der Waals surface area contributed by atoms with E-state index in [2.05, 4.69) is 0 Å². The highest BCUT2D eigenvalue weighted by molar-refractivity contribution is 6.47. The number of aliphatic hydroxyl groups is 1. The predicted molar refractivity (Wildman–Crippen MR) is 133 cm³/mol. The number of likely N-dealkylation sites (tertiary alicyclic amines) is 1. The molecule has 180 valence electrons. The minimum absolute atomic E-state index is 0.117. The zero-order valence-electron chi connectivity index (χ0n) is 18.8. The molecule has 1 saturated heterocycles. The number of carbonyl (C=O) groups excluding carboxylic acids is 2. The Morgan fingerprint density at radius 3 is 2.37 bits per heavy atom. The zero-order chi connectivity index (χ0) is 25.1. The number of ketones is 1. The minimum atomic E-state index is -0.922. The average molecular weight is 514 g/mol. The van der Waals surface area contributed by atoms with Gasteiger partial charge in [0.05, 0.1) is 23.2 Å². The smallest absolute Gasteiger partial charge is 0.295 e. The van der Waals surface area contributed by atoms with Crippen molar-refractivity contribution in [2.24, 2.45) is 0 Å². The highest BCUT2D eigenvalue weighted by Crippen LogP contribution is 2.41. The molecular formula is C27H22Cl2FNO4. The lowest BCUT2D eigenvalue weighted by atomic mass is 9.95. The van der Waals surface area contributed by atoms with E-state index in [1.807, 2.05) is 19.1 Å². The van der Waals surface area contributed by atoms with Crippen LogP contribution in [0.25, 0.3) is 5.76 Å². The van der Waals surface area contributed by atoms with E-state index in [4.69, 9.17) is 27.9 Å². The van der Waals surface area contributed by atoms with E-state index in [0.717, 1.165) is 5.56 Å². The van der Waals surface area contributed by atoms with E-state index in [1.54, 1.807) is 24.3 Å². The third-order valence-electron chi connectivity index (χ3n) is 5.78. The molecule has 5 nitrogen and oxygen atoms in total. The molecule has 0 radical (unpaired) electrons. The predicted octanol–water partition coefficient (Wildman–Crippen LogP) is 6.20. The topological polar surface area (TPSA) is 66.8 Å². The number of rotatable bonds is 7. The van der Waals surface area contributed by atoms with Gasteiger partial charge in [-0.05, 0) is 66.9 Å². The monoisotopic (exact) mass is 513 g/mol. The maximum Gasteiger partial charge on any atom is 0.295 e. The van der Waals surface area contributed by atoms with Gasteiger partial charge in [-0.15, -0.1) is 0 Å². The summed E-state index contributed by atoms with van der Waals surface area (Å²) in [6.45, 7) is 2.40. The van der Waals surface area contributed by atoms with Crippen LogP contribution in [-0.4, -0.2) is 34.8 Å². The SMILES string of the molecule is CCOc1ccc(Cl)c(/C(O)=C2\C(=O)C(=O)N(CCc3ccc(Cl)cc3)C2c2ccc(F)cc2)c1. The van der Waals surface area contributed by atoms with Crippen molar-refractivity contribution in [1.29, 1.82) is 0 Å². The fourth-order valence-electron chi connectivity index (χ4n) is 4.09. The summed E-state index contributed by atoms with van der Waals surface area (Å²) in [6, 6.07) is 16.4. The maximum atomic E-state index is 13.7. The molecule has 0 aliphatic carbocycles. The lowest BCUT2D eigenvalue weighted by molar-refractivity contribution is -0.139. The number of nitrogens with zero attached hydrogens (tertiary/aromatic N) is 1. The van der Waals surface area contributed by atoms with E-state index in [1.165, 1.54) is 35.2 Å². The Bertz CT molecular complexity index is 1290. The van der Waals surface area contributed by atoms with Crippen LogP contribution in [0.5, 0.6) is 5.75 Å². The van der Waals surface area contributed by atoms with Gasteiger partial charge in [0, 0.05) is 17.1 Å². The lowest BCUT2D eigenvalue weighted by Crippen LogP contribution is -2.31. The molecule has 1 aliphatic rings. The molecule has 1 N–H and O–H groups in total. The first-order chi connectivity index (χ1) is 16.8. The number of hydrogen-bond donors (Lipinski definition) is 1. The van der Waals surface area contributed by atoms with Gasteiger partial charge in [-0.3, -0.25) is 9.59 Å². The minimum Gasteiger partial charge on any atom is -0.507 e. The zero-order valence-corrected chi connectivity index (χ0v) is 20.3. The molecule has 35 heavy (non-hydrogen) atoms. The largest absolute Gasteiger partial charge is 0.507 e. The van der Waals surface area contributed by atoms with Gasteiger partial charge in [0.1, 0.15) is 17.3 Å². The standard InChI is InChI=1S/C27H22Cl2FNO4/c1-2-35-20-11-12-22(29)21(15-20)25(32)23-24(17-5-9-19(30)10-6-17)31(27(34)26(23)33)14-13-16-3-7-18(28)8-4-16/h3-12,15,24,32H,2,13-14H2,1H3/b25-23+. The Kier molecular flexibility index (Phi) is 7.43. The van der Waals surface area contributed by atoms with Crippen molar-refractivity contribution >= 4 is 40.7 Å². The summed E-state index contributed by atoms with van der Waals surface area (Å²) in [5, 5.41) is 12.0. The molecule has 0 saturated carbocycles. The van der Waals surface area contributed by atoms with Crippen molar-refractivity contribution in [3.63, 3.8) is 0 Å². The molecule has 1 atom stereocenters. The fourth-order valence-corrected chi connectivity index (χ4v) is 4.42. The molecule has 0 bridgehead atoms. The quantitative estimate of drug-likeness (QED) is 0.232. The molecule has 4 rings (SSSR count). The molecule has 3 aromatic carbocycles. The molecule has 1 heterocycles. The van der Waals surface area contributed by atoms with Gasteiger partial charge < -0.3 is 14.7 Å². The molecule has 1 fully saturated rings. The van der Waals surface area contributed by atoms with Crippen LogP contribution in [0, 0.1) is 5.82 Å². The number of Topliss-reactive ketones (excluding diaryl/α,β-unsaturated/α-hetero) is 1. The second-order valence-electron chi connectivity index (χ2n) is 8.00. The summed E-state index contributed by atoms with van der Waals surface area (Å²) in [7, 11) is 0. The van der Waals surface area contributed by atoms with Gasteiger partial charge in [0.25, 0.3) is 11.7 Å². The second-order valence-corrected chi connectivity index (χ2v) is 8.84. The first-order valence-corrected chi connectivity index (χ1v) is 11.8. The van der Waals surface area contributed by atoms with Crippen LogP contribution in [0.2, 0.25) is 10.0 Å². The first kappa shape index (κ1) is 24.8. The van der Waals surface area contributed by atoms with Crippen molar-refractivity contribution in [3.05, 3.63) is 105 Å². The maximum absolute atomic E-state index is 13.7. The Balaban J connectivity index is 1.79. The van der Waals surface area contributed by atoms with E-state index in [9.17, 15) is 19.1 Å². The van der Waals surface area contributed by atoms with Gasteiger partial charge in [-0.25, -0.2) is 4.39 Å². The summed E-state index contributed by atoms with van der Waals surface area (Å²) in [5.41, 5.74) is 1.45. The van der Waals surface area contributed by atoms with Crippen LogP contribution >= 0.6 is 23.2 Å². The Labute approximate surface area is 212 Å². The van der Waals surface area contributed by atoms with E-state index < -0.39 is 29.3 Å². The van der Waals surface area contributed by atoms with Crippen LogP contribution in [0.15, 0.2) is 72.3 Å². The lowest BCUT2D eigenvalue weighted by Gasteiger charge is -2.25. The number of benzene rings is 3. The molecule has 1 amide bonds. The van der Waals surface area contributed by atoms with Gasteiger partial charge in [-0.1, -0.05) is 47.5 Å². The summed E-state index contributed by atoms with van der Waals surface area (Å²) in [6.07, 6.45) is 0.447. The number of ether oxygens (including phenoxy) is 1. The third kappa shape index (κ3) is 5.19. The fraction of sp³-hybridized carbons (Fsp3) is 0.185. The molecule has 1 unspecified atom stereocenters. The molecule has 8 heteroatoms. The van der Waals surface area contributed by atoms with E-state index in [-0.39, 0.29) is 22.7 Å². The van der Waals surface area contributed by atoms with Crippen molar-refractivity contribution in [2.45, 2.75) is 19.4 Å². The normalized spacial score (nSPS) is 17.1. The van der Waals surface area contributed by atoms with Crippen molar-refractivity contribution < 1.29 is 23.8 Å². The number of aliphatic hydroxyl groups excluding tert-OH is 1. The van der Waals surface area contributed by atoms with Crippen LogP contribution < -0.4 is 4.74 Å². The average Bonchev–Trinajstić information content (AvgIpc) is 3.10. The summed E-state index contributed by atoms with van der Waals surface area (Å²) in [4.78, 5) is 27.7. The Hall–Kier alpha value is -3.35. The van der Waals surface area contributed by atoms with Crippen LogP contribution in [0.3, 0.4) is 0 Å². The highest BCUT2D eigenvalue weighted by atomic mass is 35.5. The molecule has 0 spiro atoms. The summed E-state index contributed by atoms with van der Waals surface area (Å²) >= 11 is 12.3. The third-order valence-corrected chi connectivity index (χ3v) is 6.37. The first-order valence-electron chi connectivity index (χ1n) is 11.0. The van der Waals surface area contributed by atoms with Crippen LogP contribution in [0.1, 0.15) is 29.7 Å². The molecule has 0 aromatic heterocycles. The molecular weight excluding hydrogens is 492 g/mol. The number of carbonyl (C=O) groups is 2. The summed E-state index contributed by atoms with van der Waals surface area (Å²) < 4.78 is 19.2. The van der Waals surface area contributed by atoms with Crippen LogP contribution in [0.4, 0.5) is 4.39 Å². The summed E-state index contributed by atoms with van der Waals surface area (Å²) in [5.74, 6) is -2.02.